The Morgan fingerprint density at radius 3 is 2.48 bits per heavy atom. The highest BCUT2D eigenvalue weighted by Crippen LogP contribution is 2.24. The molecule has 0 spiro atoms. The first-order valence-corrected chi connectivity index (χ1v) is 9.35. The number of guanidine groups is 1. The summed E-state index contributed by atoms with van der Waals surface area (Å²) in [7, 11) is 0. The van der Waals surface area contributed by atoms with Crippen molar-refractivity contribution < 1.29 is 4.79 Å². The standard InChI is InChI=1S/C21H27N5O/c1-14(2)24-21(27)26-18-9-6-15(7-10-18)13-23-20(22)25-19-11-8-16-4-3-5-17(16)12-19/h6-12,14H,3-5,13H2,1-2H3,(H3,22,23,25)(H2,24,26,27). The predicted molar refractivity (Wildman–Crippen MR) is 111 cm³/mol. The van der Waals surface area contributed by atoms with Crippen molar-refractivity contribution in [3.63, 3.8) is 0 Å². The van der Waals surface area contributed by atoms with Gasteiger partial charge in [-0.05, 0) is 74.1 Å². The van der Waals surface area contributed by atoms with Crippen molar-refractivity contribution >= 4 is 23.4 Å². The van der Waals surface area contributed by atoms with Gasteiger partial charge >= 0.3 is 6.03 Å². The zero-order valence-corrected chi connectivity index (χ0v) is 15.9. The van der Waals surface area contributed by atoms with Gasteiger partial charge in [0.2, 0.25) is 0 Å². The monoisotopic (exact) mass is 365 g/mol. The molecule has 1 aliphatic rings. The fraction of sp³-hybridized carbons (Fsp3) is 0.333. The van der Waals surface area contributed by atoms with E-state index in [2.05, 4.69) is 39.1 Å². The van der Waals surface area contributed by atoms with Crippen molar-refractivity contribution in [2.24, 2.45) is 10.7 Å². The molecule has 0 heterocycles. The first-order valence-electron chi connectivity index (χ1n) is 9.35. The highest BCUT2D eigenvalue weighted by Gasteiger charge is 2.10. The van der Waals surface area contributed by atoms with Crippen molar-refractivity contribution in [3.05, 3.63) is 59.2 Å². The Hall–Kier alpha value is -3.02. The van der Waals surface area contributed by atoms with E-state index < -0.39 is 0 Å². The number of carbonyl (C=O) groups is 1. The molecular weight excluding hydrogens is 338 g/mol. The highest BCUT2D eigenvalue weighted by atomic mass is 16.2. The number of nitrogens with zero attached hydrogens (tertiary/aromatic N) is 1. The minimum atomic E-state index is -0.210. The lowest BCUT2D eigenvalue weighted by Gasteiger charge is -2.10. The SMILES string of the molecule is CC(C)NC(=O)Nc1ccc(CN=C(N)Nc2ccc3c(c2)CCC3)cc1. The van der Waals surface area contributed by atoms with Crippen LogP contribution in [0.25, 0.3) is 0 Å². The van der Waals surface area contributed by atoms with Gasteiger partial charge in [-0.25, -0.2) is 9.79 Å². The van der Waals surface area contributed by atoms with Crippen LogP contribution in [0.4, 0.5) is 16.2 Å². The molecule has 2 aromatic rings. The number of aliphatic imine (C=N–C) groups is 1. The molecular formula is C21H27N5O. The maximum absolute atomic E-state index is 11.7. The smallest absolute Gasteiger partial charge is 0.319 e. The Balaban J connectivity index is 1.53. The van der Waals surface area contributed by atoms with Gasteiger partial charge in [0, 0.05) is 17.4 Å². The lowest BCUT2D eigenvalue weighted by molar-refractivity contribution is 0.250. The molecule has 0 bridgehead atoms. The number of anilines is 2. The van der Waals surface area contributed by atoms with Gasteiger partial charge in [0.25, 0.3) is 0 Å². The largest absolute Gasteiger partial charge is 0.370 e. The molecule has 0 fully saturated rings. The van der Waals surface area contributed by atoms with Gasteiger partial charge in [0.1, 0.15) is 0 Å². The summed E-state index contributed by atoms with van der Waals surface area (Å²) in [6.45, 7) is 4.31. The molecule has 2 amide bonds. The van der Waals surface area contributed by atoms with Gasteiger partial charge < -0.3 is 21.7 Å². The molecule has 0 saturated carbocycles. The second-order valence-corrected chi connectivity index (χ2v) is 7.11. The van der Waals surface area contributed by atoms with E-state index in [1.54, 1.807) is 0 Å². The van der Waals surface area contributed by atoms with Crippen LogP contribution in [0.2, 0.25) is 0 Å². The lowest BCUT2D eigenvalue weighted by Crippen LogP contribution is -2.34. The maximum Gasteiger partial charge on any atom is 0.319 e. The fourth-order valence-electron chi connectivity index (χ4n) is 3.14. The summed E-state index contributed by atoms with van der Waals surface area (Å²) in [5.41, 5.74) is 11.6. The van der Waals surface area contributed by atoms with Crippen LogP contribution in [0.3, 0.4) is 0 Å². The van der Waals surface area contributed by atoms with Gasteiger partial charge in [0.15, 0.2) is 5.96 Å². The summed E-state index contributed by atoms with van der Waals surface area (Å²) in [5, 5.41) is 8.74. The van der Waals surface area contributed by atoms with Gasteiger partial charge in [-0.15, -0.1) is 0 Å². The molecule has 3 rings (SSSR count). The maximum atomic E-state index is 11.7. The molecule has 6 heteroatoms. The van der Waals surface area contributed by atoms with Crippen molar-refractivity contribution in [2.75, 3.05) is 10.6 Å². The van der Waals surface area contributed by atoms with Crippen molar-refractivity contribution in [1.82, 2.24) is 5.32 Å². The summed E-state index contributed by atoms with van der Waals surface area (Å²) >= 11 is 0. The molecule has 27 heavy (non-hydrogen) atoms. The Morgan fingerprint density at radius 2 is 1.74 bits per heavy atom. The molecule has 2 aromatic carbocycles. The molecule has 0 unspecified atom stereocenters. The number of fused-ring (bicyclic) bond motifs is 1. The molecule has 142 valence electrons. The topological polar surface area (TPSA) is 91.5 Å². The van der Waals surface area contributed by atoms with E-state index in [-0.39, 0.29) is 12.1 Å². The number of nitrogens with one attached hydrogen (secondary N) is 3. The summed E-state index contributed by atoms with van der Waals surface area (Å²) < 4.78 is 0. The average Bonchev–Trinajstić information content (AvgIpc) is 3.08. The van der Waals surface area contributed by atoms with Gasteiger partial charge in [-0.1, -0.05) is 18.2 Å². The zero-order chi connectivity index (χ0) is 19.2. The second kappa shape index (κ2) is 8.58. The molecule has 1 aliphatic carbocycles. The minimum Gasteiger partial charge on any atom is -0.370 e. The van der Waals surface area contributed by atoms with E-state index in [0.717, 1.165) is 23.4 Å². The van der Waals surface area contributed by atoms with Crippen LogP contribution in [0.15, 0.2) is 47.5 Å². The Labute approximate surface area is 160 Å². The van der Waals surface area contributed by atoms with Crippen molar-refractivity contribution in [1.29, 1.82) is 0 Å². The van der Waals surface area contributed by atoms with E-state index in [1.165, 1.54) is 24.0 Å². The second-order valence-electron chi connectivity index (χ2n) is 7.11. The lowest BCUT2D eigenvalue weighted by atomic mass is 10.1. The third-order valence-corrected chi connectivity index (χ3v) is 4.43. The number of rotatable bonds is 5. The van der Waals surface area contributed by atoms with E-state index >= 15 is 0 Å². The van der Waals surface area contributed by atoms with Gasteiger partial charge in [0.05, 0.1) is 6.54 Å². The summed E-state index contributed by atoms with van der Waals surface area (Å²) in [5.74, 6) is 0.395. The quantitative estimate of drug-likeness (QED) is 0.482. The molecule has 0 radical (unpaired) electrons. The third-order valence-electron chi connectivity index (χ3n) is 4.43. The number of amides is 2. The number of urea groups is 1. The summed E-state index contributed by atoms with van der Waals surface area (Å²) in [6.07, 6.45) is 3.53. The number of aryl methyl sites for hydroxylation is 2. The third kappa shape index (κ3) is 5.48. The number of carbonyl (C=O) groups excluding carboxylic acids is 1. The first kappa shape index (κ1) is 18.8. The molecule has 0 atom stereocenters. The summed E-state index contributed by atoms with van der Waals surface area (Å²) in [6, 6.07) is 13.8. The Bertz CT molecular complexity index is 827. The average molecular weight is 365 g/mol. The Morgan fingerprint density at radius 1 is 1.04 bits per heavy atom. The van der Waals surface area contributed by atoms with E-state index in [9.17, 15) is 4.79 Å². The summed E-state index contributed by atoms with van der Waals surface area (Å²) in [4.78, 5) is 16.1. The van der Waals surface area contributed by atoms with Crippen LogP contribution in [0.1, 0.15) is 37.0 Å². The molecule has 5 N–H and O–H groups in total. The van der Waals surface area contributed by atoms with Crippen molar-refractivity contribution in [2.45, 2.75) is 45.7 Å². The number of hydrogen-bond acceptors (Lipinski definition) is 2. The van der Waals surface area contributed by atoms with E-state index in [0.29, 0.717) is 12.5 Å². The molecule has 0 saturated heterocycles. The Kier molecular flexibility index (Phi) is 5.96. The van der Waals surface area contributed by atoms with E-state index in [1.807, 2.05) is 38.1 Å². The fourth-order valence-corrected chi connectivity index (χ4v) is 3.14. The van der Waals surface area contributed by atoms with Crippen LogP contribution in [-0.4, -0.2) is 18.0 Å². The number of hydrogen-bond donors (Lipinski definition) is 4. The predicted octanol–water partition coefficient (Wildman–Crippen LogP) is 3.63. The molecule has 0 aromatic heterocycles. The van der Waals surface area contributed by atoms with Gasteiger partial charge in [-0.3, -0.25) is 0 Å². The zero-order valence-electron chi connectivity index (χ0n) is 15.9. The van der Waals surface area contributed by atoms with Crippen LogP contribution in [0, 0.1) is 0 Å². The van der Waals surface area contributed by atoms with Crippen molar-refractivity contribution in [3.8, 4) is 0 Å². The molecule has 6 nitrogen and oxygen atoms in total. The highest BCUT2D eigenvalue weighted by molar-refractivity contribution is 5.92. The number of benzene rings is 2. The minimum absolute atomic E-state index is 0.0970. The first-order chi connectivity index (χ1) is 13.0. The normalized spacial score (nSPS) is 13.4. The van der Waals surface area contributed by atoms with Crippen LogP contribution in [-0.2, 0) is 19.4 Å². The van der Waals surface area contributed by atoms with Crippen LogP contribution in [0.5, 0.6) is 0 Å². The van der Waals surface area contributed by atoms with E-state index in [4.69, 9.17) is 5.73 Å². The van der Waals surface area contributed by atoms with Crippen LogP contribution < -0.4 is 21.7 Å². The van der Waals surface area contributed by atoms with Gasteiger partial charge in [-0.2, -0.15) is 0 Å². The molecule has 0 aliphatic heterocycles. The van der Waals surface area contributed by atoms with Crippen LogP contribution >= 0.6 is 0 Å². The number of nitrogens with two attached hydrogens (primary N) is 1.